The molecule has 0 amide bonds. The van der Waals surface area contributed by atoms with E-state index in [1.54, 1.807) is 24.3 Å². The van der Waals surface area contributed by atoms with Crippen LogP contribution in [0.2, 0.25) is 0 Å². The molecule has 0 N–H and O–H groups in total. The smallest absolute Gasteiger partial charge is 0.164 e. The van der Waals surface area contributed by atoms with Crippen molar-refractivity contribution in [2.45, 2.75) is 0 Å². The fourth-order valence-electron chi connectivity index (χ4n) is 6.82. The third-order valence-electron chi connectivity index (χ3n) is 9.47. The molecule has 258 valence electrons. The van der Waals surface area contributed by atoms with Crippen molar-refractivity contribution in [2.75, 3.05) is 0 Å². The van der Waals surface area contributed by atoms with Crippen LogP contribution in [0.15, 0.2) is 206 Å². The molecule has 0 bridgehead atoms. The molecule has 4 heteroatoms. The Morgan fingerprint density at radius 3 is 1.49 bits per heavy atom. The van der Waals surface area contributed by atoms with Crippen LogP contribution in [0.25, 0.3) is 95.0 Å². The Morgan fingerprint density at radius 1 is 0.364 bits per heavy atom. The van der Waals surface area contributed by atoms with Crippen LogP contribution in [-0.2, 0) is 0 Å². The predicted molar refractivity (Wildman–Crippen MR) is 227 cm³/mol. The van der Waals surface area contributed by atoms with Gasteiger partial charge in [-0.25, -0.2) is 15.0 Å². The van der Waals surface area contributed by atoms with Crippen molar-refractivity contribution in [2.24, 2.45) is 0 Å². The van der Waals surface area contributed by atoms with Gasteiger partial charge in [0.05, 0.1) is 27.5 Å². The van der Waals surface area contributed by atoms with E-state index in [1.165, 1.54) is 0 Å². The Bertz CT molecular complexity index is 3610. The zero-order chi connectivity index (χ0) is 47.0. The number of benzene rings is 8. The van der Waals surface area contributed by atoms with Crippen molar-refractivity contribution >= 4 is 21.8 Å². The zero-order valence-corrected chi connectivity index (χ0v) is 29.0. The quantitative estimate of drug-likeness (QED) is 0.165. The second-order valence-electron chi connectivity index (χ2n) is 12.8. The minimum absolute atomic E-state index is 0.0253. The third-order valence-corrected chi connectivity index (χ3v) is 9.47. The highest BCUT2D eigenvalue weighted by Gasteiger charge is 2.18. The molecular formula is C51H34N4. The molecule has 0 atom stereocenters. The second-order valence-corrected chi connectivity index (χ2v) is 12.8. The normalized spacial score (nSPS) is 14.3. The Balaban J connectivity index is 1.18. The Hall–Kier alpha value is -7.43. The Kier molecular flexibility index (Phi) is 5.52. The molecule has 0 aliphatic carbocycles. The third kappa shape index (κ3) is 6.06. The van der Waals surface area contributed by atoms with Gasteiger partial charge in [-0.05, 0) is 52.0 Å². The summed E-state index contributed by atoms with van der Waals surface area (Å²) in [6, 6.07) is 35.1. The monoisotopic (exact) mass is 714 g/mol. The maximum atomic E-state index is 9.38. The molecule has 0 aliphatic heterocycles. The van der Waals surface area contributed by atoms with E-state index in [0.717, 1.165) is 32.4 Å². The first-order valence-electron chi connectivity index (χ1n) is 23.5. The van der Waals surface area contributed by atoms with Crippen LogP contribution in [0.3, 0.4) is 0 Å². The minimum Gasteiger partial charge on any atom is -0.309 e. The van der Waals surface area contributed by atoms with Gasteiger partial charge in [-0.15, -0.1) is 0 Å². The van der Waals surface area contributed by atoms with Crippen LogP contribution in [0.4, 0.5) is 0 Å². The lowest BCUT2D eigenvalue weighted by molar-refractivity contribution is 1.07. The maximum Gasteiger partial charge on any atom is 0.164 e. The summed E-state index contributed by atoms with van der Waals surface area (Å²) in [7, 11) is 0. The van der Waals surface area contributed by atoms with Crippen molar-refractivity contribution in [3.8, 4) is 73.2 Å². The van der Waals surface area contributed by atoms with Gasteiger partial charge < -0.3 is 4.57 Å². The summed E-state index contributed by atoms with van der Waals surface area (Å²) in [5, 5.41) is -0.354. The fraction of sp³-hybridized carbons (Fsp3) is 0. The van der Waals surface area contributed by atoms with Crippen LogP contribution in [0.5, 0.6) is 0 Å². The molecule has 0 unspecified atom stereocenters. The summed E-state index contributed by atoms with van der Waals surface area (Å²) in [6.45, 7) is 0. The van der Waals surface area contributed by atoms with Gasteiger partial charge in [0.25, 0.3) is 0 Å². The maximum absolute atomic E-state index is 9.38. The molecule has 0 aliphatic rings. The minimum atomic E-state index is -0.698. The molecule has 2 aromatic heterocycles. The first-order chi connectivity index (χ1) is 32.2. The largest absolute Gasteiger partial charge is 0.309 e. The highest BCUT2D eigenvalue weighted by Crippen LogP contribution is 2.39. The van der Waals surface area contributed by atoms with E-state index in [1.807, 2.05) is 72.8 Å². The first-order valence-corrected chi connectivity index (χ1v) is 17.5. The summed E-state index contributed by atoms with van der Waals surface area (Å²) < 4.78 is 107. The Morgan fingerprint density at radius 2 is 0.836 bits per heavy atom. The molecule has 55 heavy (non-hydrogen) atoms. The van der Waals surface area contributed by atoms with E-state index in [9.17, 15) is 1.37 Å². The van der Waals surface area contributed by atoms with E-state index in [0.29, 0.717) is 22.8 Å². The lowest BCUT2D eigenvalue weighted by Crippen LogP contribution is -2.00. The number of nitrogens with zero attached hydrogens (tertiary/aromatic N) is 4. The van der Waals surface area contributed by atoms with E-state index < -0.39 is 78.2 Å². The van der Waals surface area contributed by atoms with Crippen LogP contribution in [-0.4, -0.2) is 19.5 Å². The van der Waals surface area contributed by atoms with Gasteiger partial charge in [-0.2, -0.15) is 0 Å². The predicted octanol–water partition coefficient (Wildman–Crippen LogP) is 13.0. The number of aromatic nitrogens is 4. The highest BCUT2D eigenvalue weighted by atomic mass is 15.0. The van der Waals surface area contributed by atoms with E-state index in [-0.39, 0.29) is 38.8 Å². The summed E-state index contributed by atoms with van der Waals surface area (Å²) in [5.74, 6) is 1.01. The van der Waals surface area contributed by atoms with Crippen LogP contribution in [0.1, 0.15) is 16.4 Å². The highest BCUT2D eigenvalue weighted by molar-refractivity contribution is 6.13. The van der Waals surface area contributed by atoms with Gasteiger partial charge in [0.1, 0.15) is 0 Å². The number of para-hydroxylation sites is 3. The average molecular weight is 715 g/mol. The SMILES string of the molecule is [2H]c1c([2H])c([2H])c(-n2c3c([2H])c([2H])c([2H])c([2H])c3c3c([2H])c([2H])c([2H])c(-c4cccc(-c5nc(-c6ccccc6)nc(-c6ccc(-c7ccc(-c8ccccc8)cc7)cc6)n5)c4)c32)c([2H])c1[2H]. The van der Waals surface area contributed by atoms with Crippen molar-refractivity contribution in [3.05, 3.63) is 206 Å². The van der Waals surface area contributed by atoms with Crippen LogP contribution in [0, 0.1) is 0 Å². The average Bonchev–Trinajstić information content (AvgIpc) is 3.71. The van der Waals surface area contributed by atoms with Gasteiger partial charge in [-0.3, -0.25) is 0 Å². The molecule has 10 aromatic rings. The fourth-order valence-corrected chi connectivity index (χ4v) is 6.82. The molecule has 2 heterocycles. The lowest BCUT2D eigenvalue weighted by atomic mass is 9.99. The molecule has 0 saturated carbocycles. The molecule has 0 fully saturated rings. The topological polar surface area (TPSA) is 43.6 Å². The molecule has 0 saturated heterocycles. The van der Waals surface area contributed by atoms with Crippen molar-refractivity contribution < 1.29 is 16.4 Å². The van der Waals surface area contributed by atoms with E-state index in [2.05, 4.69) is 36.4 Å². The summed E-state index contributed by atoms with van der Waals surface area (Å²) in [4.78, 5) is 14.7. The number of fused-ring (bicyclic) bond motifs is 3. The zero-order valence-electron chi connectivity index (χ0n) is 41.0. The van der Waals surface area contributed by atoms with E-state index in [4.69, 9.17) is 30.0 Å². The Labute approximate surface area is 336 Å². The van der Waals surface area contributed by atoms with Crippen molar-refractivity contribution in [1.29, 1.82) is 0 Å². The van der Waals surface area contributed by atoms with E-state index >= 15 is 0 Å². The molecule has 0 spiro atoms. The van der Waals surface area contributed by atoms with Gasteiger partial charge in [-0.1, -0.05) is 182 Å². The standard InChI is InChI=1S/C51H34N4/c1-4-14-35(15-5-1)36-26-28-37(29-27-36)38-30-32-40(33-31-38)50-52-49(39-16-6-2-7-17-39)53-51(54-50)42-19-12-18-41(34-42)44-23-13-24-46-45-22-10-11-25-47(45)55(48(44)46)43-20-8-3-9-21-43/h1-34H/i3D,8D,9D,10D,11D,13D,20D,21D,22D,23D,24D,25D. The number of rotatable bonds is 7. The summed E-state index contributed by atoms with van der Waals surface area (Å²) in [5.41, 5.74) is 5.57. The van der Waals surface area contributed by atoms with Gasteiger partial charge in [0, 0.05) is 38.7 Å². The van der Waals surface area contributed by atoms with Crippen molar-refractivity contribution in [1.82, 2.24) is 19.5 Å². The van der Waals surface area contributed by atoms with Gasteiger partial charge in [0.15, 0.2) is 17.5 Å². The summed E-state index contributed by atoms with van der Waals surface area (Å²) >= 11 is 0. The summed E-state index contributed by atoms with van der Waals surface area (Å²) in [6.07, 6.45) is 0. The molecule has 0 radical (unpaired) electrons. The van der Waals surface area contributed by atoms with Gasteiger partial charge in [0.2, 0.25) is 0 Å². The molecule has 4 nitrogen and oxygen atoms in total. The van der Waals surface area contributed by atoms with Gasteiger partial charge >= 0.3 is 0 Å². The lowest BCUT2D eigenvalue weighted by Gasteiger charge is -2.13. The van der Waals surface area contributed by atoms with Crippen molar-refractivity contribution in [3.63, 3.8) is 0 Å². The van der Waals surface area contributed by atoms with Crippen LogP contribution >= 0.6 is 0 Å². The molecule has 10 rings (SSSR count). The second kappa shape index (κ2) is 13.8. The number of hydrogen-bond donors (Lipinski definition) is 0. The first kappa shape index (κ1) is 21.9. The molecular weight excluding hydrogens is 669 g/mol. The van der Waals surface area contributed by atoms with Crippen LogP contribution < -0.4 is 0 Å². The number of hydrogen-bond acceptors (Lipinski definition) is 3. The molecule has 8 aromatic carbocycles.